The lowest BCUT2D eigenvalue weighted by Gasteiger charge is -2.33. The van der Waals surface area contributed by atoms with Crippen LogP contribution in [0.2, 0.25) is 0 Å². The molecule has 0 bridgehead atoms. The van der Waals surface area contributed by atoms with Crippen LogP contribution >= 0.6 is 16.1 Å². The molecule has 0 aromatic heterocycles. The summed E-state index contributed by atoms with van der Waals surface area (Å²) in [6.07, 6.45) is 0. The fraction of sp³-hybridized carbons (Fsp3) is 0.538. The van der Waals surface area contributed by atoms with E-state index in [4.69, 9.17) is 13.8 Å². The minimum absolute atomic E-state index is 0.0641. The van der Waals surface area contributed by atoms with Crippen molar-refractivity contribution in [2.75, 3.05) is 19.8 Å². The lowest BCUT2D eigenvalue weighted by Crippen LogP contribution is -2.26. The highest BCUT2D eigenvalue weighted by molar-refractivity contribution is 7.64. The van der Waals surface area contributed by atoms with Crippen molar-refractivity contribution in [1.82, 2.24) is 0 Å². The number of hydrogen-bond acceptors (Lipinski definition) is 7. The van der Waals surface area contributed by atoms with Crippen LogP contribution in [-0.2, 0) is 28.0 Å². The molecule has 1 aromatic carbocycles. The van der Waals surface area contributed by atoms with Crippen molar-refractivity contribution >= 4 is 21.7 Å². The average Bonchev–Trinajstić information content (AvgIpc) is 2.53. The van der Waals surface area contributed by atoms with Gasteiger partial charge in [-0.2, -0.15) is 0 Å². The molecule has 0 N–H and O–H groups in total. The van der Waals surface area contributed by atoms with Gasteiger partial charge in [0.1, 0.15) is 0 Å². The van der Waals surface area contributed by atoms with Gasteiger partial charge in [-0.3, -0.25) is 19.2 Å². The zero-order valence-electron chi connectivity index (χ0n) is 13.1. The lowest BCUT2D eigenvalue weighted by molar-refractivity contribution is -0.384. The highest BCUT2D eigenvalue weighted by Crippen LogP contribution is 2.70. The predicted octanol–water partition coefficient (Wildman–Crippen LogP) is 4.30. The van der Waals surface area contributed by atoms with Crippen LogP contribution < -0.4 is 0 Å². The first-order valence-electron chi connectivity index (χ1n) is 7.03. The molecule has 128 valence electrons. The van der Waals surface area contributed by atoms with Crippen LogP contribution in [0.15, 0.2) is 24.3 Å². The summed E-state index contributed by atoms with van der Waals surface area (Å²) in [5.74, 6) is 0. The molecule has 1 aromatic rings. The zero-order chi connectivity index (χ0) is 17.5. The van der Waals surface area contributed by atoms with Gasteiger partial charge in [0.05, 0.1) is 18.1 Å². The summed E-state index contributed by atoms with van der Waals surface area (Å²) >= 11 is 0. The smallest absolute Gasteiger partial charge is 0.349 e. The molecule has 0 aliphatic carbocycles. The Bertz CT molecular complexity index is 582. The van der Waals surface area contributed by atoms with Gasteiger partial charge >= 0.3 is 7.60 Å². The number of benzene rings is 1. The van der Waals surface area contributed by atoms with E-state index < -0.39 is 26.1 Å². The average molecular weight is 363 g/mol. The van der Waals surface area contributed by atoms with Gasteiger partial charge in [0.2, 0.25) is 8.46 Å². The summed E-state index contributed by atoms with van der Waals surface area (Å²) in [6, 6.07) is 5.11. The predicted molar refractivity (Wildman–Crippen MR) is 84.9 cm³/mol. The Morgan fingerprint density at radius 3 is 2.00 bits per heavy atom. The fourth-order valence-electron chi connectivity index (χ4n) is 2.00. The van der Waals surface area contributed by atoms with Crippen LogP contribution in [0.4, 0.5) is 5.69 Å². The molecule has 8 nitrogen and oxygen atoms in total. The zero-order valence-corrected chi connectivity index (χ0v) is 14.9. The van der Waals surface area contributed by atoms with Crippen LogP contribution in [-0.4, -0.2) is 24.7 Å². The van der Waals surface area contributed by atoms with Gasteiger partial charge in [0.15, 0.2) is 0 Å². The molecule has 1 unspecified atom stereocenters. The quantitative estimate of drug-likeness (QED) is 0.347. The minimum Gasteiger partial charge on any atom is -0.349 e. The number of nitrogens with zero attached hydrogens (tertiary/aromatic N) is 1. The van der Waals surface area contributed by atoms with Crippen molar-refractivity contribution < 1.29 is 27.8 Å². The van der Waals surface area contributed by atoms with Gasteiger partial charge in [-0.25, -0.2) is 0 Å². The van der Waals surface area contributed by atoms with Crippen LogP contribution in [0.3, 0.4) is 0 Å². The molecular weight excluding hydrogens is 344 g/mol. The largest absolute Gasteiger partial charge is 0.378 e. The molecule has 0 radical (unpaired) electrons. The van der Waals surface area contributed by atoms with E-state index in [1.54, 1.807) is 20.8 Å². The third-order valence-electron chi connectivity index (χ3n) is 2.89. The molecule has 0 aliphatic rings. The van der Waals surface area contributed by atoms with Gasteiger partial charge in [0, 0.05) is 24.3 Å². The van der Waals surface area contributed by atoms with Crippen molar-refractivity contribution in [3.05, 3.63) is 39.9 Å². The summed E-state index contributed by atoms with van der Waals surface area (Å²) < 4.78 is 41.2. The highest BCUT2D eigenvalue weighted by Gasteiger charge is 2.55. The second-order valence-electron chi connectivity index (χ2n) is 4.27. The molecule has 0 fully saturated rings. The molecular formula is C13H19NO7P2. The lowest BCUT2D eigenvalue weighted by atomic mass is 10.2. The second kappa shape index (κ2) is 8.62. The maximum atomic E-state index is 13.2. The topological polar surface area (TPSA) is 105 Å². The number of nitro benzene ring substituents is 1. The van der Waals surface area contributed by atoms with E-state index in [-0.39, 0.29) is 31.1 Å². The molecule has 0 amide bonds. The summed E-state index contributed by atoms with van der Waals surface area (Å²) in [7, 11) is -4.58. The van der Waals surface area contributed by atoms with Crippen molar-refractivity contribution in [2.45, 2.75) is 25.9 Å². The minimum atomic E-state index is -3.95. The Morgan fingerprint density at radius 2 is 1.65 bits per heavy atom. The Morgan fingerprint density at radius 1 is 1.13 bits per heavy atom. The second-order valence-corrected chi connectivity index (χ2v) is 7.58. The molecule has 0 heterocycles. The fourth-order valence-corrected chi connectivity index (χ4v) is 5.04. The molecule has 0 aliphatic heterocycles. The Kier molecular flexibility index (Phi) is 7.45. The summed E-state index contributed by atoms with van der Waals surface area (Å²) in [6.45, 7) is 5.12. The molecule has 0 saturated heterocycles. The SMILES string of the molecule is CCOC(P=O)(c1ccc([N+](=O)[O-])cc1)P(=O)(OCC)OCC. The monoisotopic (exact) mass is 363 g/mol. The molecule has 0 saturated carbocycles. The van der Waals surface area contributed by atoms with Gasteiger partial charge in [-0.15, -0.1) is 0 Å². The van der Waals surface area contributed by atoms with Crippen molar-refractivity contribution in [1.29, 1.82) is 0 Å². The van der Waals surface area contributed by atoms with Crippen molar-refractivity contribution in [2.24, 2.45) is 0 Å². The summed E-state index contributed by atoms with van der Waals surface area (Å²) in [4.78, 5) is 10.2. The number of hydrogen-bond donors (Lipinski definition) is 0. The third kappa shape index (κ3) is 4.03. The molecule has 23 heavy (non-hydrogen) atoms. The maximum absolute atomic E-state index is 13.2. The number of ether oxygens (including phenoxy) is 1. The first-order valence-corrected chi connectivity index (χ1v) is 9.38. The van der Waals surface area contributed by atoms with E-state index in [0.717, 1.165) is 0 Å². The van der Waals surface area contributed by atoms with E-state index in [9.17, 15) is 19.2 Å². The summed E-state index contributed by atoms with van der Waals surface area (Å²) in [5.41, 5.74) is 0.0659. The van der Waals surface area contributed by atoms with Gasteiger partial charge in [0.25, 0.3) is 10.8 Å². The van der Waals surface area contributed by atoms with E-state index in [2.05, 4.69) is 0 Å². The molecule has 1 atom stereocenters. The van der Waals surface area contributed by atoms with Crippen molar-refractivity contribution in [3.63, 3.8) is 0 Å². The van der Waals surface area contributed by atoms with Crippen molar-refractivity contribution in [3.8, 4) is 0 Å². The number of non-ortho nitro benzene ring substituents is 1. The van der Waals surface area contributed by atoms with Crippen LogP contribution in [0.1, 0.15) is 26.3 Å². The Hall–Kier alpha value is -1.17. The Labute approximate surface area is 136 Å². The molecule has 1 rings (SSSR count). The van der Waals surface area contributed by atoms with Gasteiger partial charge in [-0.1, -0.05) is 0 Å². The van der Waals surface area contributed by atoms with Gasteiger partial charge in [-0.05, 0) is 32.9 Å². The highest BCUT2D eigenvalue weighted by atomic mass is 31.2. The maximum Gasteiger partial charge on any atom is 0.378 e. The molecule has 10 heteroatoms. The van der Waals surface area contributed by atoms with Crippen LogP contribution in [0.25, 0.3) is 0 Å². The standard InChI is InChI=1S/C13H19NO7P2/c1-4-19-13(22-17,23(18,20-5-2)21-6-3)11-7-9-12(10-8-11)14(15)16/h7-10H,4-6H2,1-3H3. The van der Waals surface area contributed by atoms with E-state index in [0.29, 0.717) is 0 Å². The van der Waals surface area contributed by atoms with Crippen LogP contribution in [0, 0.1) is 10.1 Å². The van der Waals surface area contributed by atoms with Gasteiger partial charge < -0.3 is 13.8 Å². The number of rotatable bonds is 10. The third-order valence-corrected chi connectivity index (χ3v) is 6.83. The van der Waals surface area contributed by atoms with E-state index in [1.165, 1.54) is 24.3 Å². The number of nitro groups is 1. The first-order chi connectivity index (χ1) is 10.9. The molecule has 0 spiro atoms. The summed E-state index contributed by atoms with van der Waals surface area (Å²) in [5, 5.41) is 8.89. The van der Waals surface area contributed by atoms with Crippen LogP contribution in [0.5, 0.6) is 0 Å². The Balaban J connectivity index is 3.48. The van der Waals surface area contributed by atoms with E-state index in [1.807, 2.05) is 0 Å². The normalized spacial score (nSPS) is 14.6. The first kappa shape index (κ1) is 19.9. The van der Waals surface area contributed by atoms with E-state index >= 15 is 0 Å².